The Kier molecular flexibility index (Phi) is 13.1. The molecule has 0 heterocycles. The molecule has 0 aliphatic heterocycles. The summed E-state index contributed by atoms with van der Waals surface area (Å²) in [5, 5.41) is 24.3. The highest BCUT2D eigenvalue weighted by atomic mass is 16.4. The molecule has 102 valence electrons. The van der Waals surface area contributed by atoms with Crippen LogP contribution in [0, 0.1) is 0 Å². The van der Waals surface area contributed by atoms with Gasteiger partial charge in [-0.05, 0) is 19.8 Å². The first kappa shape index (κ1) is 18.3. The van der Waals surface area contributed by atoms with Crippen molar-refractivity contribution in [2.75, 3.05) is 0 Å². The van der Waals surface area contributed by atoms with Crippen molar-refractivity contribution in [3.8, 4) is 0 Å². The van der Waals surface area contributed by atoms with Gasteiger partial charge < -0.3 is 15.3 Å². The lowest BCUT2D eigenvalue weighted by Gasteiger charge is -1.92. The van der Waals surface area contributed by atoms with Crippen LogP contribution in [0.15, 0.2) is 24.3 Å². The minimum atomic E-state index is -0.914. The van der Waals surface area contributed by atoms with E-state index in [1.165, 1.54) is 6.08 Å². The van der Waals surface area contributed by atoms with Crippen molar-refractivity contribution >= 4 is 17.9 Å². The first-order chi connectivity index (χ1) is 8.40. The molecular formula is C12H18O6. The number of rotatable bonds is 7. The van der Waals surface area contributed by atoms with Gasteiger partial charge in [-0.15, -0.1) is 0 Å². The first-order valence-electron chi connectivity index (χ1n) is 5.36. The SMILES string of the molecule is C/C=C/C=C/C(=O)O.O=C(O)CCCCC(=O)O. The molecule has 3 N–H and O–H groups in total. The summed E-state index contributed by atoms with van der Waals surface area (Å²) in [5.41, 5.74) is 0. The Hall–Kier alpha value is -2.11. The van der Waals surface area contributed by atoms with Crippen LogP contribution in [0.5, 0.6) is 0 Å². The van der Waals surface area contributed by atoms with E-state index in [0.717, 1.165) is 6.08 Å². The maximum atomic E-state index is 9.90. The Morgan fingerprint density at radius 1 is 0.889 bits per heavy atom. The number of carboxylic acid groups (broad SMARTS) is 3. The maximum Gasteiger partial charge on any atom is 0.328 e. The zero-order chi connectivity index (χ0) is 14.4. The van der Waals surface area contributed by atoms with Crippen molar-refractivity contribution in [2.45, 2.75) is 32.6 Å². The van der Waals surface area contributed by atoms with E-state index in [1.807, 2.05) is 6.92 Å². The molecule has 0 rings (SSSR count). The minimum Gasteiger partial charge on any atom is -0.481 e. The number of hydrogen-bond donors (Lipinski definition) is 3. The monoisotopic (exact) mass is 258 g/mol. The average Bonchev–Trinajstić information content (AvgIpc) is 2.25. The second-order valence-corrected chi connectivity index (χ2v) is 3.22. The second kappa shape index (κ2) is 13.0. The molecule has 0 unspecified atom stereocenters. The lowest BCUT2D eigenvalue weighted by molar-refractivity contribution is -0.139. The number of hydrogen-bond acceptors (Lipinski definition) is 3. The van der Waals surface area contributed by atoms with Crippen LogP contribution in [0.1, 0.15) is 32.6 Å². The molecule has 18 heavy (non-hydrogen) atoms. The van der Waals surface area contributed by atoms with Crippen molar-refractivity contribution in [1.82, 2.24) is 0 Å². The van der Waals surface area contributed by atoms with E-state index in [2.05, 4.69) is 0 Å². The summed E-state index contributed by atoms with van der Waals surface area (Å²) in [7, 11) is 0. The number of carboxylic acids is 3. The molecule has 0 saturated heterocycles. The van der Waals surface area contributed by atoms with Gasteiger partial charge >= 0.3 is 17.9 Å². The van der Waals surface area contributed by atoms with Crippen LogP contribution in [0.25, 0.3) is 0 Å². The molecule has 0 aromatic carbocycles. The molecule has 0 aliphatic rings. The van der Waals surface area contributed by atoms with E-state index in [9.17, 15) is 14.4 Å². The van der Waals surface area contributed by atoms with Gasteiger partial charge in [0.05, 0.1) is 0 Å². The van der Waals surface area contributed by atoms with Crippen LogP contribution in [0.2, 0.25) is 0 Å². The Labute approximate surface area is 105 Å². The highest BCUT2D eigenvalue weighted by Gasteiger charge is 1.99. The summed E-state index contributed by atoms with van der Waals surface area (Å²) >= 11 is 0. The predicted molar refractivity (Wildman–Crippen MR) is 65.3 cm³/mol. The second-order valence-electron chi connectivity index (χ2n) is 3.22. The Morgan fingerprint density at radius 2 is 1.33 bits per heavy atom. The van der Waals surface area contributed by atoms with Crippen LogP contribution in [0.3, 0.4) is 0 Å². The lowest BCUT2D eigenvalue weighted by Crippen LogP contribution is -1.97. The van der Waals surface area contributed by atoms with Crippen LogP contribution >= 0.6 is 0 Å². The summed E-state index contributed by atoms with van der Waals surface area (Å²) in [6, 6.07) is 0. The molecule has 6 nitrogen and oxygen atoms in total. The fourth-order valence-electron chi connectivity index (χ4n) is 0.801. The Balaban J connectivity index is 0. The van der Waals surface area contributed by atoms with Crippen molar-refractivity contribution in [3.63, 3.8) is 0 Å². The standard InChI is InChI=1S/C6H10O4.C6H8O2/c7-5(8)3-1-2-4-6(9)10;1-2-3-4-5-6(7)8/h1-4H2,(H,7,8)(H,9,10);2-5H,1H3,(H,7,8)/b;3-2+,5-4+. The normalized spacial score (nSPS) is 10.1. The smallest absolute Gasteiger partial charge is 0.328 e. The summed E-state index contributed by atoms with van der Waals surface area (Å²) in [5.74, 6) is -2.65. The molecule has 0 aromatic rings. The average molecular weight is 258 g/mol. The largest absolute Gasteiger partial charge is 0.481 e. The van der Waals surface area contributed by atoms with E-state index < -0.39 is 17.9 Å². The topological polar surface area (TPSA) is 112 Å². The maximum absolute atomic E-state index is 9.90. The van der Waals surface area contributed by atoms with Crippen molar-refractivity contribution in [2.24, 2.45) is 0 Å². The molecule has 0 aliphatic carbocycles. The molecule has 6 heteroatoms. The van der Waals surface area contributed by atoms with Gasteiger partial charge in [-0.25, -0.2) is 4.79 Å². The van der Waals surface area contributed by atoms with E-state index in [-0.39, 0.29) is 12.8 Å². The fourth-order valence-corrected chi connectivity index (χ4v) is 0.801. The predicted octanol–water partition coefficient (Wildman–Crippen LogP) is 1.92. The minimum absolute atomic E-state index is 0.0628. The van der Waals surface area contributed by atoms with Gasteiger partial charge in [-0.1, -0.05) is 18.2 Å². The zero-order valence-electron chi connectivity index (χ0n) is 10.2. The third-order valence-corrected chi connectivity index (χ3v) is 1.57. The van der Waals surface area contributed by atoms with Gasteiger partial charge in [-0.3, -0.25) is 9.59 Å². The van der Waals surface area contributed by atoms with Gasteiger partial charge in [0, 0.05) is 18.9 Å². The fraction of sp³-hybridized carbons (Fsp3) is 0.417. The van der Waals surface area contributed by atoms with Gasteiger partial charge in [0.2, 0.25) is 0 Å². The van der Waals surface area contributed by atoms with Crippen molar-refractivity contribution in [1.29, 1.82) is 0 Å². The van der Waals surface area contributed by atoms with Crippen LogP contribution < -0.4 is 0 Å². The molecule has 0 bridgehead atoms. The zero-order valence-corrected chi connectivity index (χ0v) is 10.2. The third-order valence-electron chi connectivity index (χ3n) is 1.57. The number of aliphatic carboxylic acids is 3. The van der Waals surface area contributed by atoms with Crippen LogP contribution in [-0.2, 0) is 14.4 Å². The highest BCUT2D eigenvalue weighted by molar-refractivity contribution is 5.80. The van der Waals surface area contributed by atoms with E-state index in [0.29, 0.717) is 12.8 Å². The Bertz CT molecular complexity index is 301. The van der Waals surface area contributed by atoms with Crippen molar-refractivity contribution < 1.29 is 29.7 Å². The molecular weight excluding hydrogens is 240 g/mol. The molecule has 0 aromatic heterocycles. The molecule has 0 saturated carbocycles. The van der Waals surface area contributed by atoms with Crippen LogP contribution in [0.4, 0.5) is 0 Å². The summed E-state index contributed by atoms with van der Waals surface area (Å²) in [6.07, 6.45) is 7.00. The summed E-state index contributed by atoms with van der Waals surface area (Å²) in [4.78, 5) is 29.5. The van der Waals surface area contributed by atoms with E-state index >= 15 is 0 Å². The Morgan fingerprint density at radius 3 is 1.61 bits per heavy atom. The molecule has 0 radical (unpaired) electrons. The lowest BCUT2D eigenvalue weighted by atomic mass is 10.2. The number of carbonyl (C=O) groups is 3. The first-order valence-corrected chi connectivity index (χ1v) is 5.36. The van der Waals surface area contributed by atoms with Crippen LogP contribution in [-0.4, -0.2) is 33.2 Å². The molecule has 0 fully saturated rings. The molecule has 0 spiro atoms. The van der Waals surface area contributed by atoms with Gasteiger partial charge in [0.25, 0.3) is 0 Å². The quantitative estimate of drug-likeness (QED) is 0.365. The van der Waals surface area contributed by atoms with Gasteiger partial charge in [0.15, 0.2) is 0 Å². The molecule has 0 amide bonds. The summed E-state index contributed by atoms with van der Waals surface area (Å²) < 4.78 is 0. The third kappa shape index (κ3) is 23.6. The van der Waals surface area contributed by atoms with Crippen molar-refractivity contribution in [3.05, 3.63) is 24.3 Å². The van der Waals surface area contributed by atoms with Gasteiger partial charge in [0.1, 0.15) is 0 Å². The number of unbranched alkanes of at least 4 members (excludes halogenated alkanes) is 1. The van der Waals surface area contributed by atoms with Gasteiger partial charge in [-0.2, -0.15) is 0 Å². The highest BCUT2D eigenvalue weighted by Crippen LogP contribution is 1.98. The van der Waals surface area contributed by atoms with E-state index in [4.69, 9.17) is 15.3 Å². The van der Waals surface area contributed by atoms with E-state index in [1.54, 1.807) is 12.2 Å². The number of allylic oxidation sites excluding steroid dienone is 3. The summed E-state index contributed by atoms with van der Waals surface area (Å²) in [6.45, 7) is 1.83. The molecule has 0 atom stereocenters.